The lowest BCUT2D eigenvalue weighted by Crippen LogP contribution is -2.27. The summed E-state index contributed by atoms with van der Waals surface area (Å²) in [7, 11) is 1.60. The van der Waals surface area contributed by atoms with Crippen molar-refractivity contribution in [2.75, 3.05) is 6.54 Å². The number of aryl methyl sites for hydroxylation is 2. The van der Waals surface area contributed by atoms with Gasteiger partial charge in [0.05, 0.1) is 22.8 Å². The van der Waals surface area contributed by atoms with Gasteiger partial charge >= 0.3 is 5.69 Å². The van der Waals surface area contributed by atoms with Gasteiger partial charge in [0, 0.05) is 25.5 Å². The highest BCUT2D eigenvalue weighted by molar-refractivity contribution is 7.20. The quantitative estimate of drug-likeness (QED) is 0.603. The first-order valence-electron chi connectivity index (χ1n) is 10.2. The highest BCUT2D eigenvalue weighted by atomic mass is 32.1. The van der Waals surface area contributed by atoms with E-state index in [1.165, 1.54) is 45.9 Å². The Hall–Kier alpha value is -2.55. The summed E-state index contributed by atoms with van der Waals surface area (Å²) in [6.45, 7) is 2.79. The van der Waals surface area contributed by atoms with Crippen molar-refractivity contribution in [1.29, 1.82) is 0 Å². The van der Waals surface area contributed by atoms with Gasteiger partial charge in [0.25, 0.3) is 5.91 Å². The predicted molar refractivity (Wildman–Crippen MR) is 113 cm³/mol. The van der Waals surface area contributed by atoms with Gasteiger partial charge in [-0.15, -0.1) is 11.3 Å². The van der Waals surface area contributed by atoms with Crippen LogP contribution in [0.1, 0.15) is 59.9 Å². The van der Waals surface area contributed by atoms with Gasteiger partial charge in [-0.3, -0.25) is 18.6 Å². The van der Waals surface area contributed by atoms with E-state index in [9.17, 15) is 14.7 Å². The lowest BCUT2D eigenvalue weighted by atomic mass is 9.96. The topological polar surface area (TPSA) is 94.1 Å². The van der Waals surface area contributed by atoms with Crippen molar-refractivity contribution >= 4 is 27.5 Å². The van der Waals surface area contributed by atoms with Gasteiger partial charge in [-0.1, -0.05) is 19.3 Å². The number of thiophene rings is 1. The van der Waals surface area contributed by atoms with Crippen LogP contribution in [0.15, 0.2) is 17.1 Å². The summed E-state index contributed by atoms with van der Waals surface area (Å²) in [5, 5.41) is 18.5. The van der Waals surface area contributed by atoms with Crippen molar-refractivity contribution in [3.05, 3.63) is 33.3 Å². The molecule has 3 aromatic heterocycles. The van der Waals surface area contributed by atoms with Crippen LogP contribution in [-0.4, -0.2) is 36.5 Å². The van der Waals surface area contributed by atoms with E-state index >= 15 is 0 Å². The number of amides is 1. The predicted octanol–water partition coefficient (Wildman–Crippen LogP) is 2.94. The number of carbonyl (C=O) groups excluding carboxylic acids is 1. The van der Waals surface area contributed by atoms with E-state index in [0.29, 0.717) is 30.4 Å². The average Bonchev–Trinajstić information content (AvgIpc) is 3.35. The molecule has 0 radical (unpaired) electrons. The largest absolute Gasteiger partial charge is 0.493 e. The van der Waals surface area contributed by atoms with Gasteiger partial charge < -0.3 is 10.4 Å². The van der Waals surface area contributed by atoms with E-state index in [1.807, 2.05) is 13.0 Å². The van der Waals surface area contributed by atoms with Gasteiger partial charge in [0.2, 0.25) is 5.88 Å². The summed E-state index contributed by atoms with van der Waals surface area (Å²) in [5.41, 5.74) is 0.709. The molecule has 0 spiro atoms. The molecule has 0 unspecified atom stereocenters. The highest BCUT2D eigenvalue weighted by Crippen LogP contribution is 2.35. The lowest BCUT2D eigenvalue weighted by molar-refractivity contribution is 0.0957. The Morgan fingerprint density at radius 1 is 1.34 bits per heavy atom. The maximum absolute atomic E-state index is 12.6. The molecule has 156 valence electrons. The van der Waals surface area contributed by atoms with Crippen LogP contribution < -0.4 is 11.0 Å². The number of imidazole rings is 1. The zero-order valence-corrected chi connectivity index (χ0v) is 17.7. The number of carbonyl (C=O) groups is 1. The Morgan fingerprint density at radius 2 is 2.10 bits per heavy atom. The minimum Gasteiger partial charge on any atom is -0.493 e. The standard InChI is InChI=1S/C20H27N5O3S/c1-13-15-11-16(29-19(15)25(22-13)14-7-4-3-5-8-14)18(27)21-9-6-10-24-17(26)12-23(2)20(24)28/h11-12,14,26H,3-10H2,1-2H3,(H,21,27). The number of nitrogens with one attached hydrogen (secondary N) is 1. The normalized spacial score (nSPS) is 15.2. The summed E-state index contributed by atoms with van der Waals surface area (Å²) in [5.74, 6) is -0.165. The molecule has 0 bridgehead atoms. The SMILES string of the molecule is Cc1nn(C2CCCCC2)c2sc(C(=O)NCCCn3c(O)cn(C)c3=O)cc12. The molecule has 0 aliphatic heterocycles. The smallest absolute Gasteiger partial charge is 0.330 e. The molecule has 0 aromatic carbocycles. The molecular formula is C20H27N5O3S. The van der Waals surface area contributed by atoms with Gasteiger partial charge in [-0.25, -0.2) is 4.79 Å². The Labute approximate surface area is 172 Å². The van der Waals surface area contributed by atoms with Crippen LogP contribution in [0.2, 0.25) is 0 Å². The molecule has 4 rings (SSSR count). The molecule has 1 aliphatic carbocycles. The summed E-state index contributed by atoms with van der Waals surface area (Å²) >= 11 is 1.50. The van der Waals surface area contributed by atoms with Crippen LogP contribution in [0.3, 0.4) is 0 Å². The summed E-state index contributed by atoms with van der Waals surface area (Å²) in [6, 6.07) is 2.37. The van der Waals surface area contributed by atoms with Gasteiger partial charge in [0.1, 0.15) is 4.83 Å². The molecular weight excluding hydrogens is 390 g/mol. The Bertz CT molecular complexity index is 1080. The van der Waals surface area contributed by atoms with Crippen LogP contribution in [0.4, 0.5) is 0 Å². The molecule has 3 heterocycles. The van der Waals surface area contributed by atoms with E-state index in [2.05, 4.69) is 10.00 Å². The third kappa shape index (κ3) is 3.83. The lowest BCUT2D eigenvalue weighted by Gasteiger charge is -2.22. The van der Waals surface area contributed by atoms with Crippen LogP contribution >= 0.6 is 11.3 Å². The molecule has 29 heavy (non-hydrogen) atoms. The maximum Gasteiger partial charge on any atom is 0.330 e. The number of fused-ring (bicyclic) bond motifs is 1. The average molecular weight is 418 g/mol. The Kier molecular flexibility index (Phi) is 5.49. The first kappa shape index (κ1) is 19.8. The molecule has 3 aromatic rings. The van der Waals surface area contributed by atoms with E-state index in [-0.39, 0.29) is 17.5 Å². The third-order valence-electron chi connectivity index (χ3n) is 5.67. The second kappa shape index (κ2) is 8.06. The highest BCUT2D eigenvalue weighted by Gasteiger charge is 2.22. The fourth-order valence-corrected chi connectivity index (χ4v) is 5.23. The van der Waals surface area contributed by atoms with E-state index in [0.717, 1.165) is 28.8 Å². The first-order valence-corrected chi connectivity index (χ1v) is 11.0. The molecule has 9 heteroatoms. The molecule has 2 N–H and O–H groups in total. The number of hydrogen-bond donors (Lipinski definition) is 2. The maximum atomic E-state index is 12.6. The molecule has 1 amide bonds. The van der Waals surface area contributed by atoms with Gasteiger partial charge in [-0.05, 0) is 32.3 Å². The first-order chi connectivity index (χ1) is 14.0. The van der Waals surface area contributed by atoms with E-state index in [1.54, 1.807) is 7.05 Å². The minimum absolute atomic E-state index is 0.0592. The number of aromatic nitrogens is 4. The summed E-state index contributed by atoms with van der Waals surface area (Å²) < 4.78 is 4.77. The fourth-order valence-electron chi connectivity index (χ4n) is 4.08. The molecule has 1 aliphatic rings. The molecule has 1 saturated carbocycles. The summed E-state index contributed by atoms with van der Waals surface area (Å²) in [4.78, 5) is 26.3. The number of nitrogens with zero attached hydrogens (tertiary/aromatic N) is 4. The van der Waals surface area contributed by atoms with Crippen molar-refractivity contribution in [3.63, 3.8) is 0 Å². The zero-order chi connectivity index (χ0) is 20.5. The zero-order valence-electron chi connectivity index (χ0n) is 16.8. The second-order valence-electron chi connectivity index (χ2n) is 7.79. The van der Waals surface area contributed by atoms with Crippen molar-refractivity contribution in [2.45, 2.75) is 58.0 Å². The molecule has 1 fully saturated rings. The van der Waals surface area contributed by atoms with Crippen LogP contribution in [-0.2, 0) is 13.6 Å². The fraction of sp³-hybridized carbons (Fsp3) is 0.550. The molecule has 8 nitrogen and oxygen atoms in total. The number of aromatic hydroxyl groups is 1. The van der Waals surface area contributed by atoms with Crippen LogP contribution in [0.5, 0.6) is 5.88 Å². The van der Waals surface area contributed by atoms with Crippen molar-refractivity contribution in [2.24, 2.45) is 7.05 Å². The number of rotatable bonds is 6. The van der Waals surface area contributed by atoms with E-state index in [4.69, 9.17) is 5.10 Å². The van der Waals surface area contributed by atoms with Crippen molar-refractivity contribution in [3.8, 4) is 5.88 Å². The second-order valence-corrected chi connectivity index (χ2v) is 8.82. The van der Waals surface area contributed by atoms with Crippen molar-refractivity contribution < 1.29 is 9.90 Å². The minimum atomic E-state index is -0.263. The number of hydrogen-bond acceptors (Lipinski definition) is 5. The molecule has 0 saturated heterocycles. The monoisotopic (exact) mass is 417 g/mol. The Morgan fingerprint density at radius 3 is 2.79 bits per heavy atom. The summed E-state index contributed by atoms with van der Waals surface area (Å²) in [6.07, 6.45) is 8.03. The third-order valence-corrected chi connectivity index (χ3v) is 6.80. The molecule has 0 atom stereocenters. The van der Waals surface area contributed by atoms with E-state index < -0.39 is 0 Å². The van der Waals surface area contributed by atoms with Crippen molar-refractivity contribution in [1.82, 2.24) is 24.2 Å². The van der Waals surface area contributed by atoms with Gasteiger partial charge in [-0.2, -0.15) is 5.10 Å². The van der Waals surface area contributed by atoms with Crippen LogP contribution in [0, 0.1) is 6.92 Å². The Balaban J connectivity index is 1.40. The van der Waals surface area contributed by atoms with Gasteiger partial charge in [0.15, 0.2) is 0 Å². The van der Waals surface area contributed by atoms with Crippen LogP contribution in [0.25, 0.3) is 10.2 Å².